The Bertz CT molecular complexity index is 179. The van der Waals surface area contributed by atoms with Gasteiger partial charge in [-0.05, 0) is 12.8 Å². The molecule has 0 aliphatic carbocycles. The first kappa shape index (κ1) is 8.04. The molecule has 1 heterocycles. The molecule has 0 unspecified atom stereocenters. The van der Waals surface area contributed by atoms with Crippen LogP contribution >= 0.6 is 0 Å². The summed E-state index contributed by atoms with van der Waals surface area (Å²) in [4.78, 5) is 21.6. The summed E-state index contributed by atoms with van der Waals surface area (Å²) in [6, 6.07) is 0. The average Bonchev–Trinajstić information content (AvgIpc) is 2.03. The molecule has 0 radical (unpaired) electrons. The van der Waals surface area contributed by atoms with E-state index >= 15 is 0 Å². The Morgan fingerprint density at radius 3 is 3.00 bits per heavy atom. The highest BCUT2D eigenvalue weighted by Gasteiger charge is 2.25. The molecule has 1 atom stereocenters. The van der Waals surface area contributed by atoms with Crippen molar-refractivity contribution in [3.8, 4) is 0 Å². The van der Waals surface area contributed by atoms with E-state index in [9.17, 15) is 9.59 Å². The highest BCUT2D eigenvalue weighted by molar-refractivity contribution is 5.84. The summed E-state index contributed by atoms with van der Waals surface area (Å²) in [7, 11) is 1.53. The van der Waals surface area contributed by atoms with Gasteiger partial charge < -0.3 is 10.1 Å². The molecule has 11 heavy (non-hydrogen) atoms. The molecule has 1 N–H and O–H groups in total. The van der Waals surface area contributed by atoms with E-state index < -0.39 is 6.10 Å². The van der Waals surface area contributed by atoms with Crippen molar-refractivity contribution in [2.24, 2.45) is 0 Å². The number of carbonyl (C=O) groups excluding carboxylic acids is 2. The zero-order valence-corrected chi connectivity index (χ0v) is 6.42. The number of hydrogen-bond donors (Lipinski definition) is 1. The first-order valence-electron chi connectivity index (χ1n) is 3.65. The first-order chi connectivity index (χ1) is 5.24. The summed E-state index contributed by atoms with van der Waals surface area (Å²) < 4.78 is 4.79. The van der Waals surface area contributed by atoms with E-state index in [1.807, 2.05) is 0 Å². The third kappa shape index (κ3) is 1.93. The fraction of sp³-hybridized carbons (Fsp3) is 0.714. The second-order valence-electron chi connectivity index (χ2n) is 2.48. The predicted molar refractivity (Wildman–Crippen MR) is 37.8 cm³/mol. The summed E-state index contributed by atoms with van der Waals surface area (Å²) in [5.74, 6) is -0.483. The molecule has 1 saturated heterocycles. The van der Waals surface area contributed by atoms with E-state index in [-0.39, 0.29) is 11.9 Å². The van der Waals surface area contributed by atoms with E-state index in [1.165, 1.54) is 7.05 Å². The molecule has 0 bridgehead atoms. The van der Waals surface area contributed by atoms with Crippen LogP contribution in [0.4, 0.5) is 0 Å². The molecule has 1 aliphatic heterocycles. The summed E-state index contributed by atoms with van der Waals surface area (Å²) in [6.45, 7) is 0. The third-order valence-corrected chi connectivity index (χ3v) is 1.66. The van der Waals surface area contributed by atoms with Crippen molar-refractivity contribution in [1.82, 2.24) is 5.32 Å². The van der Waals surface area contributed by atoms with Crippen molar-refractivity contribution in [3.05, 3.63) is 0 Å². The number of esters is 1. The molecule has 1 amide bonds. The lowest BCUT2D eigenvalue weighted by Gasteiger charge is -2.20. The van der Waals surface area contributed by atoms with Crippen molar-refractivity contribution in [3.63, 3.8) is 0 Å². The monoisotopic (exact) mass is 157 g/mol. The van der Waals surface area contributed by atoms with Crippen molar-refractivity contribution >= 4 is 11.9 Å². The lowest BCUT2D eigenvalue weighted by Crippen LogP contribution is -2.37. The van der Waals surface area contributed by atoms with Gasteiger partial charge in [-0.25, -0.2) is 0 Å². The van der Waals surface area contributed by atoms with Crippen LogP contribution in [0, 0.1) is 0 Å². The van der Waals surface area contributed by atoms with Crippen LogP contribution in [0.15, 0.2) is 0 Å². The second-order valence-corrected chi connectivity index (χ2v) is 2.48. The summed E-state index contributed by atoms with van der Waals surface area (Å²) in [6.07, 6.45) is 1.27. The van der Waals surface area contributed by atoms with Crippen molar-refractivity contribution in [2.75, 3.05) is 7.05 Å². The van der Waals surface area contributed by atoms with E-state index in [0.29, 0.717) is 12.8 Å². The normalized spacial score (nSPS) is 24.1. The molecule has 1 rings (SSSR count). The largest absolute Gasteiger partial charge is 0.452 e. The lowest BCUT2D eigenvalue weighted by atomic mass is 10.1. The van der Waals surface area contributed by atoms with Crippen LogP contribution in [-0.4, -0.2) is 25.0 Å². The van der Waals surface area contributed by atoms with Gasteiger partial charge >= 0.3 is 5.97 Å². The molecular formula is C7H11NO3. The van der Waals surface area contributed by atoms with Gasteiger partial charge in [0.05, 0.1) is 0 Å². The maximum Gasteiger partial charge on any atom is 0.306 e. The molecule has 0 aromatic rings. The van der Waals surface area contributed by atoms with Crippen molar-refractivity contribution in [2.45, 2.75) is 25.4 Å². The Morgan fingerprint density at radius 1 is 1.73 bits per heavy atom. The van der Waals surface area contributed by atoms with Gasteiger partial charge in [-0.3, -0.25) is 9.59 Å². The van der Waals surface area contributed by atoms with Gasteiger partial charge in [0.15, 0.2) is 6.10 Å². The van der Waals surface area contributed by atoms with Crippen LogP contribution < -0.4 is 5.32 Å². The van der Waals surface area contributed by atoms with Gasteiger partial charge in [-0.1, -0.05) is 0 Å². The van der Waals surface area contributed by atoms with Crippen molar-refractivity contribution in [1.29, 1.82) is 0 Å². The number of carbonyl (C=O) groups is 2. The molecular weight excluding hydrogens is 146 g/mol. The minimum absolute atomic E-state index is 0.210. The second kappa shape index (κ2) is 3.37. The molecule has 4 heteroatoms. The maximum atomic E-state index is 10.9. The first-order valence-corrected chi connectivity index (χ1v) is 3.65. The lowest BCUT2D eigenvalue weighted by molar-refractivity contribution is -0.160. The topological polar surface area (TPSA) is 55.4 Å². The van der Waals surface area contributed by atoms with Gasteiger partial charge in [-0.2, -0.15) is 0 Å². The Hall–Kier alpha value is -1.06. The van der Waals surface area contributed by atoms with Gasteiger partial charge in [-0.15, -0.1) is 0 Å². The van der Waals surface area contributed by atoms with E-state index in [1.54, 1.807) is 0 Å². The molecule has 0 spiro atoms. The highest BCUT2D eigenvalue weighted by atomic mass is 16.5. The quantitative estimate of drug-likeness (QED) is 0.537. The SMILES string of the molecule is CNC(=O)[C@H]1CCCC(=O)O1. The van der Waals surface area contributed by atoms with E-state index in [4.69, 9.17) is 4.74 Å². The third-order valence-electron chi connectivity index (χ3n) is 1.66. The van der Waals surface area contributed by atoms with Gasteiger partial charge in [0, 0.05) is 13.5 Å². The minimum atomic E-state index is -0.554. The van der Waals surface area contributed by atoms with Crippen LogP contribution in [0.25, 0.3) is 0 Å². The van der Waals surface area contributed by atoms with Crippen molar-refractivity contribution < 1.29 is 14.3 Å². The number of likely N-dealkylation sites (N-methyl/N-ethyl adjacent to an activating group) is 1. The Morgan fingerprint density at radius 2 is 2.45 bits per heavy atom. The maximum absolute atomic E-state index is 10.9. The molecule has 4 nitrogen and oxygen atoms in total. The fourth-order valence-corrected chi connectivity index (χ4v) is 1.05. The van der Waals surface area contributed by atoms with Gasteiger partial charge in [0.25, 0.3) is 5.91 Å². The molecule has 62 valence electrons. The van der Waals surface area contributed by atoms with E-state index in [2.05, 4.69) is 5.32 Å². The van der Waals surface area contributed by atoms with Crippen LogP contribution in [0.5, 0.6) is 0 Å². The highest BCUT2D eigenvalue weighted by Crippen LogP contribution is 2.13. The Kier molecular flexibility index (Phi) is 2.46. The standard InChI is InChI=1S/C7H11NO3/c1-8-7(10)5-3-2-4-6(9)11-5/h5H,2-4H2,1H3,(H,8,10)/t5-/m1/s1. The summed E-state index contributed by atoms with van der Waals surface area (Å²) in [5.41, 5.74) is 0. The minimum Gasteiger partial charge on any atom is -0.452 e. The summed E-state index contributed by atoms with van der Waals surface area (Å²) in [5, 5.41) is 2.44. The zero-order valence-electron chi connectivity index (χ0n) is 6.42. The number of ether oxygens (including phenoxy) is 1. The molecule has 1 fully saturated rings. The Labute approximate surface area is 64.9 Å². The van der Waals surface area contributed by atoms with Crippen LogP contribution in [0.1, 0.15) is 19.3 Å². The van der Waals surface area contributed by atoms with Gasteiger partial charge in [0.1, 0.15) is 0 Å². The fourth-order valence-electron chi connectivity index (χ4n) is 1.05. The molecule has 1 aliphatic rings. The molecule has 0 aromatic heterocycles. The Balaban J connectivity index is 2.45. The predicted octanol–water partition coefficient (Wildman–Crippen LogP) is -0.172. The average molecular weight is 157 g/mol. The van der Waals surface area contributed by atoms with Gasteiger partial charge in [0.2, 0.25) is 0 Å². The number of rotatable bonds is 1. The smallest absolute Gasteiger partial charge is 0.306 e. The van der Waals surface area contributed by atoms with Crippen LogP contribution in [-0.2, 0) is 14.3 Å². The number of hydrogen-bond acceptors (Lipinski definition) is 3. The number of nitrogens with one attached hydrogen (secondary N) is 1. The van der Waals surface area contributed by atoms with Crippen LogP contribution in [0.2, 0.25) is 0 Å². The summed E-state index contributed by atoms with van der Waals surface area (Å²) >= 11 is 0. The number of amides is 1. The van der Waals surface area contributed by atoms with E-state index in [0.717, 1.165) is 6.42 Å². The molecule has 0 saturated carbocycles. The zero-order chi connectivity index (χ0) is 8.27. The van der Waals surface area contributed by atoms with Crippen LogP contribution in [0.3, 0.4) is 0 Å². The number of cyclic esters (lactones) is 1. The molecule has 0 aromatic carbocycles.